The molecular formula is C8H17N2O2. The molecule has 0 saturated carbocycles. The van der Waals surface area contributed by atoms with Crippen molar-refractivity contribution in [3.8, 4) is 0 Å². The van der Waals surface area contributed by atoms with Gasteiger partial charge in [-0.1, -0.05) is 0 Å². The average molecular weight is 173 g/mol. The molecule has 0 spiro atoms. The van der Waals surface area contributed by atoms with Gasteiger partial charge in [0.05, 0.1) is 6.10 Å². The minimum absolute atomic E-state index is 0.322. The molecule has 1 aliphatic rings. The van der Waals surface area contributed by atoms with Gasteiger partial charge in [-0.05, 0) is 13.5 Å². The van der Waals surface area contributed by atoms with E-state index in [0.29, 0.717) is 12.5 Å². The summed E-state index contributed by atoms with van der Waals surface area (Å²) < 4.78 is 0. The molecule has 1 saturated heterocycles. The first-order chi connectivity index (χ1) is 5.74. The highest BCUT2D eigenvalue weighted by atomic mass is 16.3. The van der Waals surface area contributed by atoms with Crippen LogP contribution < -0.4 is 5.32 Å². The molecule has 1 heterocycles. The molecule has 1 fully saturated rings. The first kappa shape index (κ1) is 9.92. The zero-order valence-corrected chi connectivity index (χ0v) is 7.49. The highest BCUT2D eigenvalue weighted by Crippen LogP contribution is 2.07. The third-order valence-corrected chi connectivity index (χ3v) is 2.38. The van der Waals surface area contributed by atoms with E-state index in [-0.39, 0.29) is 6.61 Å². The van der Waals surface area contributed by atoms with E-state index in [2.05, 4.69) is 10.2 Å². The van der Waals surface area contributed by atoms with Crippen molar-refractivity contribution < 1.29 is 10.2 Å². The monoisotopic (exact) mass is 173 g/mol. The lowest BCUT2D eigenvalue weighted by Gasteiger charge is -2.33. The van der Waals surface area contributed by atoms with Gasteiger partial charge in [-0.2, -0.15) is 0 Å². The number of hydrogen-bond donors (Lipinski definition) is 2. The molecule has 0 aromatic carbocycles. The smallest absolute Gasteiger partial charge is 0.108 e. The summed E-state index contributed by atoms with van der Waals surface area (Å²) in [5, 5.41) is 22.7. The van der Waals surface area contributed by atoms with Crippen LogP contribution in [0.15, 0.2) is 0 Å². The van der Waals surface area contributed by atoms with Crippen LogP contribution in [0.2, 0.25) is 0 Å². The van der Waals surface area contributed by atoms with E-state index in [4.69, 9.17) is 5.11 Å². The molecule has 1 aliphatic heterocycles. The largest absolute Gasteiger partial charge is 0.391 e. The summed E-state index contributed by atoms with van der Waals surface area (Å²) in [5.41, 5.74) is 0. The van der Waals surface area contributed by atoms with Gasteiger partial charge >= 0.3 is 0 Å². The summed E-state index contributed by atoms with van der Waals surface area (Å²) in [5.74, 6) is 0. The molecule has 1 unspecified atom stereocenters. The van der Waals surface area contributed by atoms with Gasteiger partial charge < -0.3 is 15.3 Å². The molecule has 2 atom stereocenters. The van der Waals surface area contributed by atoms with Crippen LogP contribution in [0.1, 0.15) is 6.42 Å². The lowest BCUT2D eigenvalue weighted by molar-refractivity contribution is 0.0279. The first-order valence-corrected chi connectivity index (χ1v) is 4.41. The van der Waals surface area contributed by atoms with Crippen molar-refractivity contribution in [1.82, 2.24) is 10.2 Å². The van der Waals surface area contributed by atoms with E-state index in [0.717, 1.165) is 19.6 Å². The van der Waals surface area contributed by atoms with E-state index < -0.39 is 6.10 Å². The van der Waals surface area contributed by atoms with Crippen molar-refractivity contribution >= 4 is 0 Å². The molecule has 0 aliphatic carbocycles. The Labute approximate surface area is 73.2 Å². The number of aliphatic hydroxyl groups excluding tert-OH is 1. The number of piperazine rings is 1. The van der Waals surface area contributed by atoms with Gasteiger partial charge in [0.2, 0.25) is 0 Å². The van der Waals surface area contributed by atoms with Crippen LogP contribution in [0.3, 0.4) is 0 Å². The fourth-order valence-electron chi connectivity index (χ4n) is 1.51. The van der Waals surface area contributed by atoms with Crippen molar-refractivity contribution in [3.63, 3.8) is 0 Å². The number of hydrogen-bond acceptors (Lipinski definition) is 3. The van der Waals surface area contributed by atoms with E-state index in [1.165, 1.54) is 0 Å². The van der Waals surface area contributed by atoms with Crippen LogP contribution >= 0.6 is 0 Å². The van der Waals surface area contributed by atoms with Crippen molar-refractivity contribution in [2.45, 2.75) is 18.6 Å². The van der Waals surface area contributed by atoms with Gasteiger partial charge in [0, 0.05) is 25.7 Å². The molecule has 1 rings (SSSR count). The minimum Gasteiger partial charge on any atom is -0.391 e. The summed E-state index contributed by atoms with van der Waals surface area (Å²) in [4.78, 5) is 2.19. The Morgan fingerprint density at radius 2 is 2.50 bits per heavy atom. The van der Waals surface area contributed by atoms with Gasteiger partial charge in [0.1, 0.15) is 6.61 Å². The fourth-order valence-corrected chi connectivity index (χ4v) is 1.51. The Morgan fingerprint density at radius 3 is 3.08 bits per heavy atom. The number of rotatable bonds is 3. The first-order valence-electron chi connectivity index (χ1n) is 4.41. The van der Waals surface area contributed by atoms with Crippen molar-refractivity contribution in [1.29, 1.82) is 0 Å². The molecule has 4 heteroatoms. The predicted octanol–water partition coefficient (Wildman–Crippen LogP) is -0.928. The second-order valence-corrected chi connectivity index (χ2v) is 3.39. The molecule has 0 aromatic rings. The lowest BCUT2D eigenvalue weighted by atomic mass is 10.1. The summed E-state index contributed by atoms with van der Waals surface area (Å²) >= 11 is 0. The topological polar surface area (TPSA) is 55.4 Å². The van der Waals surface area contributed by atoms with Gasteiger partial charge in [0.15, 0.2) is 0 Å². The molecule has 0 aromatic heterocycles. The zero-order chi connectivity index (χ0) is 8.97. The second-order valence-electron chi connectivity index (χ2n) is 3.39. The Bertz CT molecular complexity index is 132. The molecule has 12 heavy (non-hydrogen) atoms. The van der Waals surface area contributed by atoms with Crippen LogP contribution in [-0.4, -0.2) is 55.4 Å². The van der Waals surface area contributed by atoms with Crippen LogP contribution in [0.5, 0.6) is 0 Å². The van der Waals surface area contributed by atoms with E-state index in [1.54, 1.807) is 0 Å². The summed E-state index contributed by atoms with van der Waals surface area (Å²) in [6.45, 7) is 2.49. The molecule has 2 N–H and O–H groups in total. The van der Waals surface area contributed by atoms with Crippen molar-refractivity contribution in [3.05, 3.63) is 0 Å². The minimum atomic E-state index is -0.683. The molecule has 0 amide bonds. The molecule has 0 bridgehead atoms. The maximum atomic E-state index is 10.3. The number of likely N-dealkylation sites (N-methyl/N-ethyl adjacent to an activating group) is 1. The number of nitrogens with one attached hydrogen (secondary N) is 1. The number of nitrogens with zero attached hydrogens (tertiary/aromatic N) is 1. The SMILES string of the molecule is CN1CCNCC1C[C@@H](O)C[O]. The normalized spacial score (nSPS) is 28.8. The highest BCUT2D eigenvalue weighted by molar-refractivity contribution is 4.79. The molecule has 1 radical (unpaired) electrons. The Balaban J connectivity index is 2.28. The fraction of sp³-hybridized carbons (Fsp3) is 1.00. The van der Waals surface area contributed by atoms with Crippen molar-refractivity contribution in [2.75, 3.05) is 33.3 Å². The maximum Gasteiger partial charge on any atom is 0.108 e. The van der Waals surface area contributed by atoms with E-state index >= 15 is 0 Å². The Hall–Kier alpha value is -0.160. The second kappa shape index (κ2) is 4.77. The van der Waals surface area contributed by atoms with Crippen LogP contribution in [0.4, 0.5) is 0 Å². The van der Waals surface area contributed by atoms with E-state index in [1.807, 2.05) is 7.05 Å². The van der Waals surface area contributed by atoms with Gasteiger partial charge in [-0.15, -0.1) is 0 Å². The van der Waals surface area contributed by atoms with Gasteiger partial charge in [-0.25, -0.2) is 5.11 Å². The molecule has 71 valence electrons. The van der Waals surface area contributed by atoms with Crippen LogP contribution in [-0.2, 0) is 5.11 Å². The summed E-state index contributed by atoms with van der Waals surface area (Å²) in [7, 11) is 2.03. The van der Waals surface area contributed by atoms with Crippen molar-refractivity contribution in [2.24, 2.45) is 0 Å². The summed E-state index contributed by atoms with van der Waals surface area (Å²) in [6.07, 6.45) is -0.0927. The molecular weight excluding hydrogens is 156 g/mol. The quantitative estimate of drug-likeness (QED) is 0.580. The van der Waals surface area contributed by atoms with Gasteiger partial charge in [-0.3, -0.25) is 0 Å². The third-order valence-electron chi connectivity index (χ3n) is 2.38. The highest BCUT2D eigenvalue weighted by Gasteiger charge is 2.21. The average Bonchev–Trinajstić information content (AvgIpc) is 2.09. The van der Waals surface area contributed by atoms with E-state index in [9.17, 15) is 5.11 Å². The number of aliphatic hydroxyl groups is 1. The third kappa shape index (κ3) is 2.71. The standard InChI is InChI=1S/C8H17N2O2/c1-10-3-2-9-5-7(10)4-8(12)6-11/h7-9,12H,2-6H2,1H3/t7?,8-/m1/s1. The maximum absolute atomic E-state index is 10.3. The predicted molar refractivity (Wildman–Crippen MR) is 45.5 cm³/mol. The zero-order valence-electron chi connectivity index (χ0n) is 7.49. The lowest BCUT2D eigenvalue weighted by Crippen LogP contribution is -2.50. The Kier molecular flexibility index (Phi) is 3.94. The molecule has 4 nitrogen and oxygen atoms in total. The Morgan fingerprint density at radius 1 is 1.75 bits per heavy atom. The van der Waals surface area contributed by atoms with Crippen LogP contribution in [0, 0.1) is 0 Å². The van der Waals surface area contributed by atoms with Crippen LogP contribution in [0.25, 0.3) is 0 Å². The summed E-state index contributed by atoms with van der Waals surface area (Å²) in [6, 6.07) is 0.322. The van der Waals surface area contributed by atoms with Gasteiger partial charge in [0.25, 0.3) is 0 Å².